The number of carbonyl (C=O) groups is 1. The highest BCUT2D eigenvalue weighted by atomic mass is 16.1. The van der Waals surface area contributed by atoms with Crippen LogP contribution in [-0.2, 0) is 4.79 Å². The van der Waals surface area contributed by atoms with Gasteiger partial charge in [0.25, 0.3) is 0 Å². The van der Waals surface area contributed by atoms with Crippen molar-refractivity contribution in [2.75, 3.05) is 0 Å². The number of ketones is 1. The van der Waals surface area contributed by atoms with Gasteiger partial charge in [-0.3, -0.25) is 4.79 Å². The van der Waals surface area contributed by atoms with E-state index in [1.165, 1.54) is 0 Å². The van der Waals surface area contributed by atoms with Crippen molar-refractivity contribution in [1.82, 2.24) is 0 Å². The van der Waals surface area contributed by atoms with Gasteiger partial charge < -0.3 is 0 Å². The average molecular weight is 125 g/mol. The van der Waals surface area contributed by atoms with Crippen molar-refractivity contribution in [3.63, 3.8) is 0 Å². The van der Waals surface area contributed by atoms with E-state index in [1.807, 2.05) is 6.42 Å². The SMILES string of the molecule is CCC[CH]C(=O)C1CC1. The first-order chi connectivity index (χ1) is 4.34. The first-order valence-corrected chi connectivity index (χ1v) is 3.71. The lowest BCUT2D eigenvalue weighted by molar-refractivity contribution is -0.117. The van der Waals surface area contributed by atoms with Gasteiger partial charge in [0, 0.05) is 12.3 Å². The molecule has 0 spiro atoms. The molecule has 1 saturated carbocycles. The summed E-state index contributed by atoms with van der Waals surface area (Å²) in [6, 6.07) is 0. The summed E-state index contributed by atoms with van der Waals surface area (Å²) in [4.78, 5) is 10.9. The fraction of sp³-hybridized carbons (Fsp3) is 0.750. The third-order valence-corrected chi connectivity index (χ3v) is 1.61. The highest BCUT2D eigenvalue weighted by molar-refractivity contribution is 5.90. The van der Waals surface area contributed by atoms with Gasteiger partial charge in [-0.15, -0.1) is 0 Å². The second-order valence-corrected chi connectivity index (χ2v) is 2.67. The molecule has 0 bridgehead atoms. The van der Waals surface area contributed by atoms with Gasteiger partial charge in [-0.25, -0.2) is 0 Å². The Morgan fingerprint density at radius 1 is 1.67 bits per heavy atom. The molecule has 9 heavy (non-hydrogen) atoms. The number of unbranched alkanes of at least 4 members (excludes halogenated alkanes) is 1. The molecule has 0 saturated heterocycles. The standard InChI is InChI=1S/C8H13O/c1-2-3-4-8(9)7-5-6-7/h4,7H,2-3,5-6H2,1H3. The number of hydrogen-bond donors (Lipinski definition) is 0. The molecule has 0 heterocycles. The third-order valence-electron chi connectivity index (χ3n) is 1.61. The van der Waals surface area contributed by atoms with E-state index >= 15 is 0 Å². The quantitative estimate of drug-likeness (QED) is 0.561. The average Bonchev–Trinajstić information content (AvgIpc) is 2.63. The molecule has 1 fully saturated rings. The largest absolute Gasteiger partial charge is 0.299 e. The van der Waals surface area contributed by atoms with E-state index in [1.54, 1.807) is 0 Å². The maximum absolute atomic E-state index is 10.9. The Balaban J connectivity index is 2.03. The summed E-state index contributed by atoms with van der Waals surface area (Å²) in [7, 11) is 0. The van der Waals surface area contributed by atoms with E-state index in [9.17, 15) is 4.79 Å². The highest BCUT2D eigenvalue weighted by Crippen LogP contribution is 2.30. The number of hydrogen-bond acceptors (Lipinski definition) is 1. The number of Topliss-reactive ketones (excluding diaryl/α,β-unsaturated/α-hetero) is 1. The molecule has 0 N–H and O–H groups in total. The van der Waals surface area contributed by atoms with E-state index in [2.05, 4.69) is 6.92 Å². The van der Waals surface area contributed by atoms with Gasteiger partial charge >= 0.3 is 0 Å². The van der Waals surface area contributed by atoms with Crippen molar-refractivity contribution in [2.45, 2.75) is 32.6 Å². The molecule has 1 aliphatic rings. The first kappa shape index (κ1) is 6.79. The molecule has 0 aromatic heterocycles. The lowest BCUT2D eigenvalue weighted by Gasteiger charge is -1.92. The molecular formula is C8H13O. The van der Waals surface area contributed by atoms with Crippen LogP contribution in [0.25, 0.3) is 0 Å². The molecular weight excluding hydrogens is 112 g/mol. The van der Waals surface area contributed by atoms with Gasteiger partial charge in [0.2, 0.25) is 0 Å². The van der Waals surface area contributed by atoms with Gasteiger partial charge in [0.05, 0.1) is 0 Å². The second kappa shape index (κ2) is 3.00. The lowest BCUT2D eigenvalue weighted by atomic mass is 10.1. The van der Waals surface area contributed by atoms with Gasteiger partial charge in [0.15, 0.2) is 0 Å². The molecule has 51 valence electrons. The predicted molar refractivity (Wildman–Crippen MR) is 36.9 cm³/mol. The molecule has 1 aliphatic carbocycles. The zero-order valence-corrected chi connectivity index (χ0v) is 5.89. The Hall–Kier alpha value is -0.330. The molecule has 1 nitrogen and oxygen atoms in total. The van der Waals surface area contributed by atoms with Crippen molar-refractivity contribution in [1.29, 1.82) is 0 Å². The topological polar surface area (TPSA) is 17.1 Å². The maximum atomic E-state index is 10.9. The molecule has 0 atom stereocenters. The van der Waals surface area contributed by atoms with Gasteiger partial charge in [0.1, 0.15) is 5.78 Å². The monoisotopic (exact) mass is 125 g/mol. The summed E-state index contributed by atoms with van der Waals surface area (Å²) in [5.74, 6) is 0.813. The summed E-state index contributed by atoms with van der Waals surface area (Å²) in [5.41, 5.74) is 0. The zero-order valence-electron chi connectivity index (χ0n) is 5.89. The fourth-order valence-corrected chi connectivity index (χ4v) is 0.821. The van der Waals surface area contributed by atoms with E-state index < -0.39 is 0 Å². The molecule has 1 heteroatoms. The first-order valence-electron chi connectivity index (χ1n) is 3.71. The zero-order chi connectivity index (χ0) is 6.69. The van der Waals surface area contributed by atoms with Crippen LogP contribution < -0.4 is 0 Å². The fourth-order valence-electron chi connectivity index (χ4n) is 0.821. The highest BCUT2D eigenvalue weighted by Gasteiger charge is 2.28. The van der Waals surface area contributed by atoms with Crippen LogP contribution in [0.2, 0.25) is 0 Å². The van der Waals surface area contributed by atoms with Crippen molar-refractivity contribution in [2.24, 2.45) is 5.92 Å². The Labute approximate surface area is 56.4 Å². The summed E-state index contributed by atoms with van der Waals surface area (Å²) in [6.45, 7) is 2.09. The predicted octanol–water partition coefficient (Wildman–Crippen LogP) is 1.97. The molecule has 0 aromatic rings. The van der Waals surface area contributed by atoms with Crippen LogP contribution >= 0.6 is 0 Å². The van der Waals surface area contributed by atoms with Gasteiger partial charge in [-0.1, -0.05) is 13.3 Å². The van der Waals surface area contributed by atoms with E-state index in [-0.39, 0.29) is 0 Å². The minimum absolute atomic E-state index is 0.386. The minimum Gasteiger partial charge on any atom is -0.299 e. The second-order valence-electron chi connectivity index (χ2n) is 2.67. The number of rotatable bonds is 4. The maximum Gasteiger partial charge on any atom is 0.139 e. The van der Waals surface area contributed by atoms with E-state index in [4.69, 9.17) is 0 Å². The van der Waals surface area contributed by atoms with Crippen LogP contribution in [0.3, 0.4) is 0 Å². The molecule has 0 aliphatic heterocycles. The number of carbonyl (C=O) groups excluding carboxylic acids is 1. The van der Waals surface area contributed by atoms with Crippen molar-refractivity contribution in [3.8, 4) is 0 Å². The molecule has 0 aromatic carbocycles. The smallest absolute Gasteiger partial charge is 0.139 e. The van der Waals surface area contributed by atoms with Crippen LogP contribution in [0, 0.1) is 12.3 Å². The van der Waals surface area contributed by atoms with Crippen molar-refractivity contribution in [3.05, 3.63) is 6.42 Å². The summed E-state index contributed by atoms with van der Waals surface area (Å²) < 4.78 is 0. The van der Waals surface area contributed by atoms with Crippen LogP contribution in [-0.4, -0.2) is 5.78 Å². The minimum atomic E-state index is 0.386. The molecule has 0 unspecified atom stereocenters. The molecule has 0 amide bonds. The molecule has 1 rings (SSSR count). The Kier molecular flexibility index (Phi) is 2.26. The van der Waals surface area contributed by atoms with Crippen molar-refractivity contribution < 1.29 is 4.79 Å². The van der Waals surface area contributed by atoms with E-state index in [0.717, 1.165) is 25.7 Å². The summed E-state index contributed by atoms with van der Waals surface area (Å²) in [5, 5.41) is 0. The van der Waals surface area contributed by atoms with Crippen LogP contribution in [0.15, 0.2) is 0 Å². The van der Waals surface area contributed by atoms with Crippen LogP contribution in [0.5, 0.6) is 0 Å². The van der Waals surface area contributed by atoms with Crippen LogP contribution in [0.1, 0.15) is 32.6 Å². The van der Waals surface area contributed by atoms with Crippen LogP contribution in [0.4, 0.5) is 0 Å². The lowest BCUT2D eigenvalue weighted by Crippen LogP contribution is -1.99. The van der Waals surface area contributed by atoms with Gasteiger partial charge in [-0.05, 0) is 19.3 Å². The van der Waals surface area contributed by atoms with E-state index in [0.29, 0.717) is 11.7 Å². The molecule has 1 radical (unpaired) electrons. The van der Waals surface area contributed by atoms with Gasteiger partial charge in [-0.2, -0.15) is 0 Å². The Morgan fingerprint density at radius 3 is 2.78 bits per heavy atom. The Bertz CT molecular complexity index is 103. The normalized spacial score (nSPS) is 17.9. The van der Waals surface area contributed by atoms with Crippen molar-refractivity contribution >= 4 is 5.78 Å². The summed E-state index contributed by atoms with van der Waals surface area (Å²) >= 11 is 0. The third kappa shape index (κ3) is 2.17. The summed E-state index contributed by atoms with van der Waals surface area (Å²) in [6.07, 6.45) is 6.18. The Morgan fingerprint density at radius 2 is 2.33 bits per heavy atom.